The third kappa shape index (κ3) is 6.07. The Morgan fingerprint density at radius 2 is 1.59 bits per heavy atom. The molecule has 3 rings (SSSR count). The first-order chi connectivity index (χ1) is 15.3. The van der Waals surface area contributed by atoms with E-state index in [2.05, 4.69) is 10.3 Å². The second-order valence-corrected chi connectivity index (χ2v) is 9.24. The number of sulfonamides is 1. The highest BCUT2D eigenvalue weighted by Gasteiger charge is 2.29. The number of anilines is 2. The van der Waals surface area contributed by atoms with Gasteiger partial charge in [0.25, 0.3) is 0 Å². The topological polar surface area (TPSA) is 88.6 Å². The highest BCUT2D eigenvalue weighted by molar-refractivity contribution is 7.92. The van der Waals surface area contributed by atoms with Gasteiger partial charge in [-0.15, -0.1) is 0 Å². The fourth-order valence-electron chi connectivity index (χ4n) is 3.35. The van der Waals surface area contributed by atoms with Crippen LogP contribution in [0.3, 0.4) is 0 Å². The minimum atomic E-state index is -3.69. The highest BCUT2D eigenvalue weighted by atomic mass is 32.2. The second kappa shape index (κ2) is 10.3. The Balaban J connectivity index is 1.72. The van der Waals surface area contributed by atoms with E-state index in [1.807, 2.05) is 43.3 Å². The standard InChI is InChI=1S/C24H27N3O4S/c1-4-31-23-11-9-22(10-12-23)27(32(3,29)30)18(2)24(28)26-21-7-5-19(6-8-21)17-20-13-15-25-16-14-20/h5-16,18H,4,17H2,1-3H3,(H,26,28)/t18-/m1/s1. The summed E-state index contributed by atoms with van der Waals surface area (Å²) in [5.74, 6) is 0.208. The maximum absolute atomic E-state index is 12.9. The first kappa shape index (κ1) is 23.3. The number of hydrogen-bond acceptors (Lipinski definition) is 5. The zero-order chi connectivity index (χ0) is 23.1. The van der Waals surface area contributed by atoms with Gasteiger partial charge in [-0.3, -0.25) is 14.1 Å². The number of nitrogens with zero attached hydrogens (tertiary/aromatic N) is 2. The molecule has 1 heterocycles. The SMILES string of the molecule is CCOc1ccc(N([C@H](C)C(=O)Nc2ccc(Cc3ccncc3)cc2)S(C)(=O)=O)cc1. The van der Waals surface area contributed by atoms with Crippen LogP contribution in [0.15, 0.2) is 73.1 Å². The second-order valence-electron chi connectivity index (χ2n) is 7.38. The van der Waals surface area contributed by atoms with Gasteiger partial charge >= 0.3 is 0 Å². The summed E-state index contributed by atoms with van der Waals surface area (Å²) in [6, 6.07) is 17.1. The molecule has 0 aliphatic heterocycles. The Morgan fingerprint density at radius 3 is 2.16 bits per heavy atom. The zero-order valence-electron chi connectivity index (χ0n) is 18.4. The van der Waals surface area contributed by atoms with Crippen molar-refractivity contribution in [3.8, 4) is 5.75 Å². The van der Waals surface area contributed by atoms with Crippen molar-refractivity contribution >= 4 is 27.3 Å². The summed E-state index contributed by atoms with van der Waals surface area (Å²) in [4.78, 5) is 16.9. The van der Waals surface area contributed by atoms with Gasteiger partial charge in [0.15, 0.2) is 0 Å². The minimum Gasteiger partial charge on any atom is -0.494 e. The highest BCUT2D eigenvalue weighted by Crippen LogP contribution is 2.24. The number of aromatic nitrogens is 1. The average molecular weight is 454 g/mol. The summed E-state index contributed by atoms with van der Waals surface area (Å²) in [7, 11) is -3.69. The third-order valence-corrected chi connectivity index (χ3v) is 6.11. The molecular formula is C24H27N3O4S. The van der Waals surface area contributed by atoms with E-state index in [0.717, 1.165) is 28.1 Å². The van der Waals surface area contributed by atoms with E-state index in [4.69, 9.17) is 4.74 Å². The summed E-state index contributed by atoms with van der Waals surface area (Å²) in [5, 5.41) is 2.81. The molecule has 0 radical (unpaired) electrons. The van der Waals surface area contributed by atoms with Crippen molar-refractivity contribution in [1.29, 1.82) is 0 Å². The number of rotatable bonds is 9. The molecule has 3 aromatic rings. The van der Waals surface area contributed by atoms with E-state index in [0.29, 0.717) is 23.7 Å². The molecule has 0 bridgehead atoms. The molecule has 1 N–H and O–H groups in total. The van der Waals surface area contributed by atoms with Crippen molar-refractivity contribution < 1.29 is 17.9 Å². The van der Waals surface area contributed by atoms with Crippen LogP contribution in [0, 0.1) is 0 Å². The van der Waals surface area contributed by atoms with Gasteiger partial charge in [0.1, 0.15) is 11.8 Å². The van der Waals surface area contributed by atoms with Gasteiger partial charge in [-0.1, -0.05) is 12.1 Å². The van der Waals surface area contributed by atoms with Crippen LogP contribution in [0.4, 0.5) is 11.4 Å². The fourth-order valence-corrected chi connectivity index (χ4v) is 4.53. The van der Waals surface area contributed by atoms with E-state index >= 15 is 0 Å². The van der Waals surface area contributed by atoms with Crippen molar-refractivity contribution in [2.75, 3.05) is 22.5 Å². The van der Waals surface area contributed by atoms with Crippen LogP contribution >= 0.6 is 0 Å². The van der Waals surface area contributed by atoms with E-state index in [9.17, 15) is 13.2 Å². The van der Waals surface area contributed by atoms with Crippen LogP contribution in [0.1, 0.15) is 25.0 Å². The van der Waals surface area contributed by atoms with Gasteiger partial charge in [0, 0.05) is 18.1 Å². The summed E-state index contributed by atoms with van der Waals surface area (Å²) >= 11 is 0. The van der Waals surface area contributed by atoms with Crippen molar-refractivity contribution in [3.63, 3.8) is 0 Å². The lowest BCUT2D eigenvalue weighted by atomic mass is 10.1. The number of carbonyl (C=O) groups is 1. The van der Waals surface area contributed by atoms with E-state index in [1.165, 1.54) is 0 Å². The van der Waals surface area contributed by atoms with Crippen LogP contribution in [0.2, 0.25) is 0 Å². The lowest BCUT2D eigenvalue weighted by Gasteiger charge is -2.28. The van der Waals surface area contributed by atoms with Crippen LogP contribution in [0.5, 0.6) is 5.75 Å². The van der Waals surface area contributed by atoms with E-state index in [-0.39, 0.29) is 0 Å². The van der Waals surface area contributed by atoms with Crippen molar-refractivity contribution in [3.05, 3.63) is 84.2 Å². The maximum atomic E-state index is 12.9. The van der Waals surface area contributed by atoms with Gasteiger partial charge in [0.05, 0.1) is 18.6 Å². The van der Waals surface area contributed by atoms with Crippen LogP contribution < -0.4 is 14.4 Å². The molecule has 0 saturated carbocycles. The van der Waals surface area contributed by atoms with Gasteiger partial charge in [-0.2, -0.15) is 0 Å². The number of carbonyl (C=O) groups excluding carboxylic acids is 1. The van der Waals surface area contributed by atoms with Crippen LogP contribution in [-0.2, 0) is 21.2 Å². The number of amides is 1. The number of nitrogens with one attached hydrogen (secondary N) is 1. The van der Waals surface area contributed by atoms with E-state index < -0.39 is 22.0 Å². The fraction of sp³-hybridized carbons (Fsp3) is 0.250. The summed E-state index contributed by atoms with van der Waals surface area (Å²) in [5.41, 5.74) is 3.23. The Labute approximate surface area is 189 Å². The summed E-state index contributed by atoms with van der Waals surface area (Å²) in [6.07, 6.45) is 5.35. The molecule has 1 amide bonds. The Morgan fingerprint density at radius 1 is 1.00 bits per heavy atom. The van der Waals surface area contributed by atoms with Crippen molar-refractivity contribution in [2.45, 2.75) is 26.3 Å². The summed E-state index contributed by atoms with van der Waals surface area (Å²) < 4.78 is 31.5. The lowest BCUT2D eigenvalue weighted by Crippen LogP contribution is -2.45. The Kier molecular flexibility index (Phi) is 7.48. The Bertz CT molecular complexity index is 1130. The van der Waals surface area contributed by atoms with Crippen molar-refractivity contribution in [2.24, 2.45) is 0 Å². The molecule has 7 nitrogen and oxygen atoms in total. The number of ether oxygens (including phenoxy) is 1. The molecule has 0 unspecified atom stereocenters. The first-order valence-corrected chi connectivity index (χ1v) is 12.1. The quantitative estimate of drug-likeness (QED) is 0.531. The molecule has 0 aliphatic carbocycles. The normalized spacial score (nSPS) is 12.1. The molecule has 8 heteroatoms. The number of pyridine rings is 1. The smallest absolute Gasteiger partial charge is 0.247 e. The summed E-state index contributed by atoms with van der Waals surface area (Å²) in [6.45, 7) is 3.94. The first-order valence-electron chi connectivity index (χ1n) is 10.3. The lowest BCUT2D eigenvalue weighted by molar-refractivity contribution is -0.116. The third-order valence-electron chi connectivity index (χ3n) is 4.87. The maximum Gasteiger partial charge on any atom is 0.247 e. The molecule has 2 aromatic carbocycles. The molecule has 1 atom stereocenters. The molecule has 1 aromatic heterocycles. The molecule has 0 fully saturated rings. The molecule has 0 spiro atoms. The van der Waals surface area contributed by atoms with Crippen LogP contribution in [-0.4, -0.2) is 38.2 Å². The van der Waals surface area contributed by atoms with Crippen molar-refractivity contribution in [1.82, 2.24) is 4.98 Å². The molecule has 0 aliphatic rings. The van der Waals surface area contributed by atoms with Gasteiger partial charge in [-0.05, 0) is 79.9 Å². The van der Waals surface area contributed by atoms with Gasteiger partial charge in [-0.25, -0.2) is 8.42 Å². The Hall–Kier alpha value is -3.39. The minimum absolute atomic E-state index is 0.395. The van der Waals surface area contributed by atoms with E-state index in [1.54, 1.807) is 43.6 Å². The number of benzene rings is 2. The average Bonchev–Trinajstić information content (AvgIpc) is 2.76. The monoisotopic (exact) mass is 453 g/mol. The predicted molar refractivity (Wildman–Crippen MR) is 127 cm³/mol. The molecule has 168 valence electrons. The molecular weight excluding hydrogens is 426 g/mol. The molecule has 32 heavy (non-hydrogen) atoms. The van der Waals surface area contributed by atoms with Gasteiger partial charge in [0.2, 0.25) is 15.9 Å². The zero-order valence-corrected chi connectivity index (χ0v) is 19.2. The predicted octanol–water partition coefficient (Wildman–Crippen LogP) is 3.86. The van der Waals surface area contributed by atoms with Gasteiger partial charge < -0.3 is 10.1 Å². The van der Waals surface area contributed by atoms with Crippen LogP contribution in [0.25, 0.3) is 0 Å². The largest absolute Gasteiger partial charge is 0.494 e. The number of hydrogen-bond donors (Lipinski definition) is 1. The molecule has 0 saturated heterocycles.